The quantitative estimate of drug-likeness (QED) is 0.466. The highest BCUT2D eigenvalue weighted by atomic mass is 16.6. The van der Waals surface area contributed by atoms with Crippen LogP contribution in [0.3, 0.4) is 0 Å². The molecule has 1 unspecified atom stereocenters. The molecule has 0 aromatic carbocycles. The molecule has 8 nitrogen and oxygen atoms in total. The molecule has 1 heterocycles. The number of carbonyl (C=O) groups excluding carboxylic acids is 1. The fourth-order valence-corrected chi connectivity index (χ4v) is 2.07. The van der Waals surface area contributed by atoms with Crippen LogP contribution in [-0.4, -0.2) is 27.3 Å². The number of esters is 1. The largest absolute Gasteiger partial charge is 0.465 e. The Balaban J connectivity index is 3.69. The summed E-state index contributed by atoms with van der Waals surface area (Å²) in [6.07, 6.45) is 0. The van der Waals surface area contributed by atoms with E-state index in [0.717, 1.165) is 0 Å². The number of aryl methyl sites for hydroxylation is 1. The topological polar surface area (TPSA) is 111 Å². The summed E-state index contributed by atoms with van der Waals surface area (Å²) >= 11 is 0. The van der Waals surface area contributed by atoms with Crippen molar-refractivity contribution in [3.8, 4) is 6.07 Å². The predicted molar refractivity (Wildman–Crippen MR) is 73.6 cm³/mol. The lowest BCUT2D eigenvalue weighted by atomic mass is 9.87. The Bertz CT molecular complexity index is 614. The van der Waals surface area contributed by atoms with Gasteiger partial charge in [0, 0.05) is 6.04 Å². The number of nitro groups is 1. The Morgan fingerprint density at radius 1 is 1.62 bits per heavy atom. The van der Waals surface area contributed by atoms with Crippen LogP contribution in [0.4, 0.5) is 5.69 Å². The summed E-state index contributed by atoms with van der Waals surface area (Å²) in [5.41, 5.74) is -1.99. The Morgan fingerprint density at radius 2 is 2.19 bits per heavy atom. The monoisotopic (exact) mass is 294 g/mol. The summed E-state index contributed by atoms with van der Waals surface area (Å²) in [5.74, 6) is -0.822. The van der Waals surface area contributed by atoms with E-state index in [2.05, 4.69) is 5.10 Å². The van der Waals surface area contributed by atoms with Gasteiger partial charge in [-0.1, -0.05) is 0 Å². The van der Waals surface area contributed by atoms with Crippen molar-refractivity contribution in [2.24, 2.45) is 0 Å². The molecular weight excluding hydrogens is 276 g/mol. The van der Waals surface area contributed by atoms with E-state index in [-0.39, 0.29) is 29.7 Å². The Morgan fingerprint density at radius 3 is 2.57 bits per heavy atom. The summed E-state index contributed by atoms with van der Waals surface area (Å²) in [6, 6.07) is 1.60. The van der Waals surface area contributed by atoms with Crippen molar-refractivity contribution in [1.82, 2.24) is 9.78 Å². The molecule has 0 aliphatic carbocycles. The molecule has 0 amide bonds. The van der Waals surface area contributed by atoms with Crippen molar-refractivity contribution in [3.63, 3.8) is 0 Å². The van der Waals surface area contributed by atoms with Crippen LogP contribution in [-0.2, 0) is 14.9 Å². The second kappa shape index (κ2) is 5.91. The van der Waals surface area contributed by atoms with Crippen LogP contribution >= 0.6 is 0 Å². The van der Waals surface area contributed by atoms with Gasteiger partial charge in [-0.15, -0.1) is 0 Å². The van der Waals surface area contributed by atoms with E-state index in [1.165, 1.54) is 18.5 Å². The van der Waals surface area contributed by atoms with Crippen molar-refractivity contribution >= 4 is 11.7 Å². The second-order valence-corrected chi connectivity index (χ2v) is 5.04. The van der Waals surface area contributed by atoms with Gasteiger partial charge in [-0.2, -0.15) is 10.4 Å². The van der Waals surface area contributed by atoms with Crippen LogP contribution in [0, 0.1) is 28.4 Å². The summed E-state index contributed by atoms with van der Waals surface area (Å²) in [7, 11) is 0. The number of hydrogen-bond donors (Lipinski definition) is 0. The number of ether oxygens (including phenoxy) is 1. The van der Waals surface area contributed by atoms with Crippen LogP contribution < -0.4 is 0 Å². The van der Waals surface area contributed by atoms with Gasteiger partial charge in [-0.25, -0.2) is 4.79 Å². The van der Waals surface area contributed by atoms with E-state index in [1.807, 2.05) is 6.07 Å². The molecule has 0 saturated heterocycles. The molecule has 8 heteroatoms. The summed E-state index contributed by atoms with van der Waals surface area (Å²) in [5, 5.41) is 24.9. The number of rotatable bonds is 5. The third-order valence-electron chi connectivity index (χ3n) is 3.11. The second-order valence-electron chi connectivity index (χ2n) is 5.04. The smallest absolute Gasteiger partial charge is 0.332 e. The minimum Gasteiger partial charge on any atom is -0.465 e. The summed E-state index contributed by atoms with van der Waals surface area (Å²) in [4.78, 5) is 22.8. The minimum absolute atomic E-state index is 0.0408. The molecule has 21 heavy (non-hydrogen) atoms. The maximum Gasteiger partial charge on any atom is 0.332 e. The predicted octanol–water partition coefficient (Wildman–Crippen LogP) is 2.02. The zero-order valence-corrected chi connectivity index (χ0v) is 12.7. The summed E-state index contributed by atoms with van der Waals surface area (Å²) in [6.45, 7) is 8.01. The molecule has 0 aliphatic heterocycles. The first-order valence-corrected chi connectivity index (χ1v) is 6.53. The fourth-order valence-electron chi connectivity index (χ4n) is 2.07. The van der Waals surface area contributed by atoms with Gasteiger partial charge in [-0.3, -0.25) is 14.8 Å². The van der Waals surface area contributed by atoms with Gasteiger partial charge >= 0.3 is 11.7 Å². The van der Waals surface area contributed by atoms with Crippen molar-refractivity contribution in [3.05, 3.63) is 21.5 Å². The first-order chi connectivity index (χ1) is 9.70. The molecule has 1 aromatic rings. The third-order valence-corrected chi connectivity index (χ3v) is 3.11. The Labute approximate surface area is 122 Å². The lowest BCUT2D eigenvalue weighted by molar-refractivity contribution is -0.386. The van der Waals surface area contributed by atoms with Gasteiger partial charge in [0.15, 0.2) is 5.41 Å². The molecule has 114 valence electrons. The van der Waals surface area contributed by atoms with Gasteiger partial charge in [0.2, 0.25) is 0 Å². The Hall–Kier alpha value is -2.43. The fraction of sp³-hybridized carbons (Fsp3) is 0.615. The SMILES string of the molecule is CCOC(=O)C(C)(C#N)c1c([N+](=O)[O-])c(C)nn1C(C)C. The molecule has 0 radical (unpaired) electrons. The van der Waals surface area contributed by atoms with E-state index >= 15 is 0 Å². The lowest BCUT2D eigenvalue weighted by Gasteiger charge is -2.21. The number of hydrogen-bond acceptors (Lipinski definition) is 6. The molecule has 0 aliphatic rings. The van der Waals surface area contributed by atoms with Gasteiger partial charge < -0.3 is 4.74 Å². The van der Waals surface area contributed by atoms with Crippen LogP contribution in [0.5, 0.6) is 0 Å². The minimum atomic E-state index is -1.79. The van der Waals surface area contributed by atoms with Crippen LogP contribution in [0.2, 0.25) is 0 Å². The third kappa shape index (κ3) is 2.72. The standard InChI is InChI=1S/C13H18N4O4/c1-6-21-12(18)13(5,7-14)11-10(17(19)20)9(4)15-16(11)8(2)3/h8H,6H2,1-5H3. The number of carbonyl (C=O) groups is 1. The molecule has 1 aromatic heterocycles. The normalized spacial score (nSPS) is 13.6. The molecule has 0 N–H and O–H groups in total. The maximum atomic E-state index is 12.1. The van der Waals surface area contributed by atoms with Gasteiger partial charge in [0.1, 0.15) is 11.4 Å². The molecule has 0 bridgehead atoms. The molecule has 0 fully saturated rings. The average Bonchev–Trinajstić information content (AvgIpc) is 2.76. The van der Waals surface area contributed by atoms with Crippen molar-refractivity contribution in [1.29, 1.82) is 5.26 Å². The molecule has 0 spiro atoms. The van der Waals surface area contributed by atoms with E-state index in [9.17, 15) is 20.2 Å². The van der Waals surface area contributed by atoms with E-state index in [1.54, 1.807) is 20.8 Å². The van der Waals surface area contributed by atoms with Crippen LogP contribution in [0.25, 0.3) is 0 Å². The number of nitrogens with zero attached hydrogens (tertiary/aromatic N) is 4. The lowest BCUT2D eigenvalue weighted by Crippen LogP contribution is -2.36. The highest BCUT2D eigenvalue weighted by molar-refractivity contribution is 5.87. The zero-order valence-electron chi connectivity index (χ0n) is 12.7. The van der Waals surface area contributed by atoms with Crippen molar-refractivity contribution < 1.29 is 14.5 Å². The highest BCUT2D eigenvalue weighted by Gasteiger charge is 2.47. The van der Waals surface area contributed by atoms with E-state index < -0.39 is 16.3 Å². The van der Waals surface area contributed by atoms with Gasteiger partial charge in [0.25, 0.3) is 0 Å². The van der Waals surface area contributed by atoms with Gasteiger partial charge in [0.05, 0.1) is 17.6 Å². The van der Waals surface area contributed by atoms with E-state index in [0.29, 0.717) is 0 Å². The highest BCUT2D eigenvalue weighted by Crippen LogP contribution is 2.36. The molecular formula is C13H18N4O4. The van der Waals surface area contributed by atoms with Crippen LogP contribution in [0.15, 0.2) is 0 Å². The molecule has 0 saturated carbocycles. The Kier molecular flexibility index (Phi) is 4.68. The van der Waals surface area contributed by atoms with Crippen molar-refractivity contribution in [2.45, 2.75) is 46.1 Å². The van der Waals surface area contributed by atoms with E-state index in [4.69, 9.17) is 4.74 Å². The first-order valence-electron chi connectivity index (χ1n) is 6.53. The molecule has 1 rings (SSSR count). The number of aromatic nitrogens is 2. The maximum absolute atomic E-state index is 12.1. The van der Waals surface area contributed by atoms with Crippen molar-refractivity contribution in [2.75, 3.05) is 6.61 Å². The average molecular weight is 294 g/mol. The van der Waals surface area contributed by atoms with Crippen LogP contribution in [0.1, 0.15) is 45.1 Å². The van der Waals surface area contributed by atoms with Gasteiger partial charge in [-0.05, 0) is 34.6 Å². The molecule has 1 atom stereocenters. The summed E-state index contributed by atoms with van der Waals surface area (Å²) < 4.78 is 6.25. The first kappa shape index (κ1) is 16.6. The number of nitriles is 1. The zero-order chi connectivity index (χ0) is 16.4.